The van der Waals surface area contributed by atoms with E-state index in [1.165, 1.54) is 0 Å². The maximum atomic E-state index is 12.3. The lowest BCUT2D eigenvalue weighted by atomic mass is 9.97. The van der Waals surface area contributed by atoms with Gasteiger partial charge in [0.1, 0.15) is 31.5 Å². The lowest BCUT2D eigenvalue weighted by molar-refractivity contribution is -0.210. The second-order valence-electron chi connectivity index (χ2n) is 15.6. The van der Waals surface area contributed by atoms with Crippen molar-refractivity contribution in [2.75, 3.05) is 33.9 Å². The molecule has 1 aromatic carbocycles. The molecule has 0 spiro atoms. The smallest absolute Gasteiger partial charge is 0.311 e. The van der Waals surface area contributed by atoms with Crippen LogP contribution in [0.2, 0.25) is 43.8 Å². The summed E-state index contributed by atoms with van der Waals surface area (Å²) in [5.74, 6) is 0.480. The number of ether oxygens (including phenoxy) is 6. The summed E-state index contributed by atoms with van der Waals surface area (Å²) in [4.78, 5) is 12.3. The summed E-state index contributed by atoms with van der Waals surface area (Å²) in [6.45, 7) is 28.3. The van der Waals surface area contributed by atoms with Crippen molar-refractivity contribution >= 4 is 22.4 Å². The second kappa shape index (κ2) is 19.4. The standard InChI is InChI=1S/C35H64O9Si2/c1-14-30(44-46(12,13)35(5,6)7)32(43-25-39-22-23-45(9,10)11)31(29(36)16-15-21-41-33(37)34(2,3)4)42-26-40-24-27-17-19-28(38-8)20-18-27/h14,17-20,29-32,36H,1,15-16,21-26H2,2-13H3/t29-,30+,31-,32-/m1/s1. The van der Waals surface area contributed by atoms with Gasteiger partial charge >= 0.3 is 5.97 Å². The predicted molar refractivity (Wildman–Crippen MR) is 189 cm³/mol. The molecule has 4 atom stereocenters. The summed E-state index contributed by atoms with van der Waals surface area (Å²) < 4.78 is 41.9. The number of hydrogen-bond donors (Lipinski definition) is 1. The molecule has 0 aliphatic heterocycles. The second-order valence-corrected chi connectivity index (χ2v) is 26.0. The lowest BCUT2D eigenvalue weighted by Crippen LogP contribution is -2.53. The van der Waals surface area contributed by atoms with E-state index >= 15 is 0 Å². The van der Waals surface area contributed by atoms with Gasteiger partial charge in [0.25, 0.3) is 0 Å². The number of carbonyl (C=O) groups excluding carboxylic acids is 1. The van der Waals surface area contributed by atoms with Gasteiger partial charge in [-0.3, -0.25) is 4.79 Å². The first-order chi connectivity index (χ1) is 21.2. The fraction of sp³-hybridized carbons (Fsp3) is 0.743. The van der Waals surface area contributed by atoms with Gasteiger partial charge in [-0.15, -0.1) is 6.58 Å². The minimum atomic E-state index is -2.29. The van der Waals surface area contributed by atoms with Crippen LogP contribution in [0.4, 0.5) is 0 Å². The van der Waals surface area contributed by atoms with Crippen LogP contribution in [0.15, 0.2) is 36.9 Å². The number of rotatable bonds is 22. The largest absolute Gasteiger partial charge is 0.497 e. The molecule has 1 N–H and O–H groups in total. The fourth-order valence-corrected chi connectivity index (χ4v) is 6.00. The molecule has 46 heavy (non-hydrogen) atoms. The van der Waals surface area contributed by atoms with E-state index in [9.17, 15) is 9.90 Å². The van der Waals surface area contributed by atoms with Crippen molar-refractivity contribution in [3.05, 3.63) is 42.5 Å². The van der Waals surface area contributed by atoms with E-state index in [4.69, 9.17) is 32.8 Å². The van der Waals surface area contributed by atoms with Crippen LogP contribution in [0.5, 0.6) is 5.75 Å². The summed E-state index contributed by atoms with van der Waals surface area (Å²) in [7, 11) is -1.95. The monoisotopic (exact) mass is 684 g/mol. The van der Waals surface area contributed by atoms with Crippen molar-refractivity contribution in [1.82, 2.24) is 0 Å². The molecular formula is C35H64O9Si2. The van der Waals surface area contributed by atoms with Crippen LogP contribution in [0, 0.1) is 5.41 Å². The van der Waals surface area contributed by atoms with Crippen LogP contribution in [-0.2, 0) is 39.5 Å². The van der Waals surface area contributed by atoms with Crippen molar-refractivity contribution in [3.63, 3.8) is 0 Å². The highest BCUT2D eigenvalue weighted by molar-refractivity contribution is 6.76. The molecular weight excluding hydrogens is 621 g/mol. The minimum Gasteiger partial charge on any atom is -0.497 e. The highest BCUT2D eigenvalue weighted by Crippen LogP contribution is 2.38. The Balaban J connectivity index is 3.19. The molecule has 0 radical (unpaired) electrons. The van der Waals surface area contributed by atoms with Crippen LogP contribution in [0.3, 0.4) is 0 Å². The molecule has 0 aromatic heterocycles. The summed E-state index contributed by atoms with van der Waals surface area (Å²) in [6.07, 6.45) is -0.674. The van der Waals surface area contributed by atoms with Crippen molar-refractivity contribution < 1.29 is 42.7 Å². The normalized spacial score (nSPS) is 15.6. The third-order valence-electron chi connectivity index (χ3n) is 8.10. The van der Waals surface area contributed by atoms with Crippen molar-refractivity contribution in [1.29, 1.82) is 0 Å². The molecule has 0 unspecified atom stereocenters. The average molecular weight is 685 g/mol. The topological polar surface area (TPSA) is 102 Å². The number of aliphatic hydroxyl groups excluding tert-OH is 1. The SMILES string of the molecule is C=C[C@H](O[Si](C)(C)C(C)(C)C)[C@@H](OCOCC[Si](C)(C)C)[C@H](OCOCc1ccc(OC)cc1)[C@H](O)CCCOC(=O)C(C)(C)C. The summed E-state index contributed by atoms with van der Waals surface area (Å²) in [5.41, 5.74) is 0.356. The Bertz CT molecular complexity index is 1010. The molecule has 0 saturated carbocycles. The summed E-state index contributed by atoms with van der Waals surface area (Å²) in [5, 5.41) is 11.5. The lowest BCUT2D eigenvalue weighted by Gasteiger charge is -2.42. The number of methoxy groups -OCH3 is 1. The quantitative estimate of drug-likeness (QED) is 0.0436. The first-order valence-corrected chi connectivity index (χ1v) is 23.0. The minimum absolute atomic E-state index is 0.0167. The van der Waals surface area contributed by atoms with Gasteiger partial charge in [0.15, 0.2) is 8.32 Å². The van der Waals surface area contributed by atoms with Gasteiger partial charge in [-0.2, -0.15) is 0 Å². The Morgan fingerprint density at radius 3 is 2.02 bits per heavy atom. The van der Waals surface area contributed by atoms with Crippen LogP contribution in [0.25, 0.3) is 0 Å². The van der Waals surface area contributed by atoms with Gasteiger partial charge in [-0.05, 0) is 75.5 Å². The molecule has 0 aliphatic carbocycles. The van der Waals surface area contributed by atoms with E-state index < -0.39 is 46.2 Å². The van der Waals surface area contributed by atoms with Gasteiger partial charge in [-0.25, -0.2) is 0 Å². The first-order valence-electron chi connectivity index (χ1n) is 16.4. The Kier molecular flexibility index (Phi) is 17.9. The van der Waals surface area contributed by atoms with Crippen LogP contribution < -0.4 is 4.74 Å². The first kappa shape index (κ1) is 42.4. The van der Waals surface area contributed by atoms with Crippen LogP contribution in [-0.4, -0.2) is 85.8 Å². The summed E-state index contributed by atoms with van der Waals surface area (Å²) >= 11 is 0. The van der Waals surface area contributed by atoms with Crippen LogP contribution in [0.1, 0.15) is 59.9 Å². The molecule has 11 heteroatoms. The van der Waals surface area contributed by atoms with E-state index in [-0.39, 0.29) is 31.2 Å². The maximum Gasteiger partial charge on any atom is 0.311 e. The van der Waals surface area contributed by atoms with Crippen LogP contribution >= 0.6 is 0 Å². The number of aliphatic hydroxyl groups is 1. The average Bonchev–Trinajstić information content (AvgIpc) is 2.95. The Hall–Kier alpha value is -1.58. The Morgan fingerprint density at radius 2 is 1.50 bits per heavy atom. The van der Waals surface area contributed by atoms with Gasteiger partial charge in [0, 0.05) is 14.7 Å². The van der Waals surface area contributed by atoms with Crippen molar-refractivity contribution in [2.24, 2.45) is 5.41 Å². The zero-order valence-electron chi connectivity index (χ0n) is 30.8. The van der Waals surface area contributed by atoms with Gasteiger partial charge in [-0.1, -0.05) is 58.6 Å². The Morgan fingerprint density at radius 1 is 0.913 bits per heavy atom. The third kappa shape index (κ3) is 16.0. The predicted octanol–water partition coefficient (Wildman–Crippen LogP) is 7.56. The zero-order chi connectivity index (χ0) is 35.2. The molecule has 0 aliphatic rings. The van der Waals surface area contributed by atoms with E-state index in [1.807, 2.05) is 45.0 Å². The highest BCUT2D eigenvalue weighted by atomic mass is 28.4. The van der Waals surface area contributed by atoms with Gasteiger partial charge in [0.05, 0.1) is 37.9 Å². The van der Waals surface area contributed by atoms with E-state index in [0.717, 1.165) is 17.4 Å². The molecule has 0 bridgehead atoms. The van der Waals surface area contributed by atoms with E-state index in [1.54, 1.807) is 13.2 Å². The molecule has 9 nitrogen and oxygen atoms in total. The van der Waals surface area contributed by atoms with Crippen molar-refractivity contribution in [2.45, 2.75) is 129 Å². The molecule has 0 amide bonds. The van der Waals surface area contributed by atoms with Gasteiger partial charge in [0.2, 0.25) is 0 Å². The van der Waals surface area contributed by atoms with E-state index in [2.05, 4.69) is 60.1 Å². The maximum absolute atomic E-state index is 12.3. The molecule has 0 saturated heterocycles. The number of benzene rings is 1. The molecule has 1 rings (SSSR count). The zero-order valence-corrected chi connectivity index (χ0v) is 32.8. The molecule has 0 heterocycles. The number of hydrogen-bond acceptors (Lipinski definition) is 9. The third-order valence-corrected chi connectivity index (χ3v) is 14.3. The molecule has 1 aromatic rings. The molecule has 0 fully saturated rings. The van der Waals surface area contributed by atoms with Gasteiger partial charge < -0.3 is 38.0 Å². The number of esters is 1. The Labute approximate surface area is 281 Å². The summed E-state index contributed by atoms with van der Waals surface area (Å²) in [6, 6.07) is 8.60. The van der Waals surface area contributed by atoms with Crippen molar-refractivity contribution in [3.8, 4) is 5.75 Å². The fourth-order valence-electron chi connectivity index (χ4n) is 3.98. The highest BCUT2D eigenvalue weighted by Gasteiger charge is 2.43. The number of carbonyl (C=O) groups is 1. The van der Waals surface area contributed by atoms with E-state index in [0.29, 0.717) is 26.1 Å². The molecule has 266 valence electrons.